The minimum Gasteiger partial charge on any atom is -0.356 e. The predicted octanol–water partition coefficient (Wildman–Crippen LogP) is 3.39. The minimum absolute atomic E-state index is 0. The van der Waals surface area contributed by atoms with E-state index in [1.54, 1.807) is 0 Å². The Hall–Kier alpha value is -0.530. The Labute approximate surface area is 170 Å². The van der Waals surface area contributed by atoms with E-state index >= 15 is 0 Å². The fraction of sp³-hybridized carbons (Fsp3) is 0.895. The third-order valence-electron chi connectivity index (χ3n) is 5.36. The Bertz CT molecular complexity index is 422. The van der Waals surface area contributed by atoms with Crippen LogP contribution in [-0.2, 0) is 4.79 Å². The summed E-state index contributed by atoms with van der Waals surface area (Å²) < 4.78 is 0. The Kier molecular flexibility index (Phi) is 10.8. The first kappa shape index (κ1) is 22.5. The Balaban J connectivity index is 0.00000312. The molecule has 2 aliphatic rings. The molecule has 1 saturated carbocycles. The van der Waals surface area contributed by atoms with Crippen LogP contribution in [0.1, 0.15) is 65.2 Å². The van der Waals surface area contributed by atoms with Gasteiger partial charge in [0.05, 0.1) is 0 Å². The van der Waals surface area contributed by atoms with Gasteiger partial charge in [-0.15, -0.1) is 24.0 Å². The van der Waals surface area contributed by atoms with Crippen molar-refractivity contribution in [1.82, 2.24) is 15.5 Å². The Morgan fingerprint density at radius 1 is 1.20 bits per heavy atom. The van der Waals surface area contributed by atoms with Crippen LogP contribution in [0.15, 0.2) is 4.99 Å². The van der Waals surface area contributed by atoms with Crippen molar-refractivity contribution in [3.63, 3.8) is 0 Å². The highest BCUT2D eigenvalue weighted by Crippen LogP contribution is 2.26. The maximum Gasteiger partial charge on any atom is 0.225 e. The first-order valence-electron chi connectivity index (χ1n) is 9.86. The summed E-state index contributed by atoms with van der Waals surface area (Å²) in [5.41, 5.74) is 0. The first-order valence-corrected chi connectivity index (χ1v) is 9.86. The zero-order chi connectivity index (χ0) is 17.4. The lowest BCUT2D eigenvalue weighted by molar-refractivity contribution is -0.133. The van der Waals surface area contributed by atoms with Gasteiger partial charge in [-0.1, -0.05) is 46.0 Å². The van der Waals surface area contributed by atoms with Crippen LogP contribution in [0.3, 0.4) is 0 Å². The SMILES string of the molecule is CN=C(NCCCC1CCCCC1)NC1CCN(C(=O)C(C)C)C1.I. The fourth-order valence-electron chi connectivity index (χ4n) is 3.90. The van der Waals surface area contributed by atoms with E-state index in [1.165, 1.54) is 44.9 Å². The van der Waals surface area contributed by atoms with E-state index in [2.05, 4.69) is 15.6 Å². The van der Waals surface area contributed by atoms with Crippen molar-refractivity contribution in [3.8, 4) is 0 Å². The molecule has 0 aromatic carbocycles. The lowest BCUT2D eigenvalue weighted by Gasteiger charge is -2.22. The number of likely N-dealkylation sites (tertiary alicyclic amines) is 1. The topological polar surface area (TPSA) is 56.7 Å². The summed E-state index contributed by atoms with van der Waals surface area (Å²) >= 11 is 0. The fourth-order valence-corrected chi connectivity index (χ4v) is 3.90. The molecule has 1 amide bonds. The molecule has 1 atom stereocenters. The number of nitrogens with zero attached hydrogens (tertiary/aromatic N) is 2. The Morgan fingerprint density at radius 2 is 1.92 bits per heavy atom. The predicted molar refractivity (Wildman–Crippen MR) is 116 cm³/mol. The Morgan fingerprint density at radius 3 is 2.56 bits per heavy atom. The van der Waals surface area contributed by atoms with E-state index in [4.69, 9.17) is 0 Å². The second-order valence-electron chi connectivity index (χ2n) is 7.71. The summed E-state index contributed by atoms with van der Waals surface area (Å²) in [5.74, 6) is 2.17. The molecular weight excluding hydrogens is 427 g/mol. The molecule has 1 aliphatic carbocycles. The van der Waals surface area contributed by atoms with Crippen LogP contribution in [0.5, 0.6) is 0 Å². The van der Waals surface area contributed by atoms with E-state index < -0.39 is 0 Å². The number of carbonyl (C=O) groups is 1. The molecule has 1 heterocycles. The van der Waals surface area contributed by atoms with Crippen molar-refractivity contribution in [2.45, 2.75) is 71.3 Å². The molecule has 1 saturated heterocycles. The summed E-state index contributed by atoms with van der Waals surface area (Å²) in [6.07, 6.45) is 10.7. The average Bonchev–Trinajstić information content (AvgIpc) is 3.06. The van der Waals surface area contributed by atoms with E-state index in [-0.39, 0.29) is 35.8 Å². The van der Waals surface area contributed by atoms with Gasteiger partial charge in [0, 0.05) is 38.6 Å². The number of rotatable bonds is 6. The number of amides is 1. The number of hydrogen-bond donors (Lipinski definition) is 2. The van der Waals surface area contributed by atoms with Crippen molar-refractivity contribution >= 4 is 35.8 Å². The number of aliphatic imine (C=N–C) groups is 1. The van der Waals surface area contributed by atoms with Gasteiger partial charge in [-0.3, -0.25) is 9.79 Å². The highest BCUT2D eigenvalue weighted by molar-refractivity contribution is 14.0. The van der Waals surface area contributed by atoms with Crippen molar-refractivity contribution in [3.05, 3.63) is 0 Å². The highest BCUT2D eigenvalue weighted by atomic mass is 127. The molecular formula is C19H37IN4O. The molecule has 2 fully saturated rings. The maximum atomic E-state index is 12.1. The van der Waals surface area contributed by atoms with Gasteiger partial charge in [-0.2, -0.15) is 0 Å². The van der Waals surface area contributed by atoms with Crippen LogP contribution in [0.25, 0.3) is 0 Å². The molecule has 146 valence electrons. The third-order valence-corrected chi connectivity index (χ3v) is 5.36. The molecule has 6 heteroatoms. The van der Waals surface area contributed by atoms with E-state index in [0.717, 1.165) is 37.9 Å². The monoisotopic (exact) mass is 464 g/mol. The van der Waals surface area contributed by atoms with Crippen molar-refractivity contribution < 1.29 is 4.79 Å². The van der Waals surface area contributed by atoms with E-state index in [9.17, 15) is 4.79 Å². The highest BCUT2D eigenvalue weighted by Gasteiger charge is 2.27. The summed E-state index contributed by atoms with van der Waals surface area (Å²) in [5, 5.41) is 6.91. The molecule has 5 nitrogen and oxygen atoms in total. The second kappa shape index (κ2) is 12.0. The average molecular weight is 464 g/mol. The molecule has 2 rings (SSSR count). The number of guanidine groups is 1. The van der Waals surface area contributed by atoms with Crippen LogP contribution >= 0.6 is 24.0 Å². The smallest absolute Gasteiger partial charge is 0.225 e. The molecule has 1 unspecified atom stereocenters. The zero-order valence-electron chi connectivity index (χ0n) is 16.2. The minimum atomic E-state index is 0. The first-order chi connectivity index (χ1) is 11.6. The summed E-state index contributed by atoms with van der Waals surface area (Å²) in [6.45, 7) is 6.57. The largest absolute Gasteiger partial charge is 0.356 e. The normalized spacial score (nSPS) is 22.0. The molecule has 0 aromatic heterocycles. The van der Waals surface area contributed by atoms with Crippen LogP contribution in [0.4, 0.5) is 0 Å². The summed E-state index contributed by atoms with van der Waals surface area (Å²) in [6, 6.07) is 0.317. The van der Waals surface area contributed by atoms with Gasteiger partial charge in [0.1, 0.15) is 0 Å². The molecule has 0 spiro atoms. The lowest BCUT2D eigenvalue weighted by atomic mass is 9.86. The van der Waals surface area contributed by atoms with E-state index in [1.807, 2.05) is 25.8 Å². The van der Waals surface area contributed by atoms with Gasteiger partial charge in [0.15, 0.2) is 5.96 Å². The maximum absolute atomic E-state index is 12.1. The summed E-state index contributed by atoms with van der Waals surface area (Å²) in [7, 11) is 1.82. The molecule has 0 radical (unpaired) electrons. The van der Waals surface area contributed by atoms with E-state index in [0.29, 0.717) is 6.04 Å². The van der Waals surface area contributed by atoms with Gasteiger partial charge >= 0.3 is 0 Å². The van der Waals surface area contributed by atoms with Crippen LogP contribution in [0.2, 0.25) is 0 Å². The third kappa shape index (κ3) is 7.71. The van der Waals surface area contributed by atoms with Crippen LogP contribution in [-0.4, -0.2) is 49.5 Å². The van der Waals surface area contributed by atoms with Gasteiger partial charge in [0.2, 0.25) is 5.91 Å². The molecule has 0 aromatic rings. The summed E-state index contributed by atoms with van der Waals surface area (Å²) in [4.78, 5) is 18.4. The number of hydrogen-bond acceptors (Lipinski definition) is 2. The second-order valence-corrected chi connectivity index (χ2v) is 7.71. The molecule has 1 aliphatic heterocycles. The van der Waals surface area contributed by atoms with Gasteiger partial charge in [0.25, 0.3) is 0 Å². The molecule has 0 bridgehead atoms. The van der Waals surface area contributed by atoms with Crippen molar-refractivity contribution in [2.75, 3.05) is 26.7 Å². The van der Waals surface area contributed by atoms with Gasteiger partial charge in [-0.05, 0) is 25.2 Å². The molecule has 2 N–H and O–H groups in total. The van der Waals surface area contributed by atoms with Crippen molar-refractivity contribution in [1.29, 1.82) is 0 Å². The van der Waals surface area contributed by atoms with Crippen molar-refractivity contribution in [2.24, 2.45) is 16.8 Å². The van der Waals surface area contributed by atoms with Crippen LogP contribution in [0, 0.1) is 11.8 Å². The number of carbonyl (C=O) groups excluding carboxylic acids is 1. The van der Waals surface area contributed by atoms with Gasteiger partial charge < -0.3 is 15.5 Å². The quantitative estimate of drug-likeness (QED) is 0.274. The van der Waals surface area contributed by atoms with Crippen LogP contribution < -0.4 is 10.6 Å². The zero-order valence-corrected chi connectivity index (χ0v) is 18.6. The lowest BCUT2D eigenvalue weighted by Crippen LogP contribution is -2.45. The number of nitrogens with one attached hydrogen (secondary N) is 2. The standard InChI is InChI=1S/C19H36N4O.HI/c1-15(2)18(24)23-13-11-17(14-23)22-19(20-3)21-12-7-10-16-8-5-4-6-9-16;/h15-17H,4-14H2,1-3H3,(H2,20,21,22);1H. The number of halogens is 1. The van der Waals surface area contributed by atoms with Gasteiger partial charge in [-0.25, -0.2) is 0 Å². The molecule has 25 heavy (non-hydrogen) atoms.